The molecule has 0 aliphatic heterocycles. The van der Waals surface area contributed by atoms with Crippen molar-refractivity contribution >= 4 is 5.78 Å². The Kier molecular flexibility index (Phi) is 3.34. The maximum atomic E-state index is 12.3. The van der Waals surface area contributed by atoms with Gasteiger partial charge in [-0.05, 0) is 66.6 Å². The molecule has 3 rings (SSSR count). The van der Waals surface area contributed by atoms with E-state index in [1.54, 1.807) is 0 Å². The van der Waals surface area contributed by atoms with Crippen molar-refractivity contribution in [3.05, 3.63) is 36.0 Å². The van der Waals surface area contributed by atoms with Crippen LogP contribution in [-0.2, 0) is 4.79 Å². The van der Waals surface area contributed by atoms with Crippen molar-refractivity contribution in [3.63, 3.8) is 0 Å². The molecule has 2 nitrogen and oxygen atoms in total. The number of aliphatic hydroxyl groups excluding tert-OH is 1. The molecule has 3 aliphatic rings. The first-order chi connectivity index (χ1) is 10.2. The Bertz CT molecular complexity index is 595. The molecule has 0 aromatic heterocycles. The van der Waals surface area contributed by atoms with E-state index in [9.17, 15) is 9.90 Å². The minimum Gasteiger partial charge on any atom is -0.393 e. The van der Waals surface area contributed by atoms with Crippen molar-refractivity contribution in [2.24, 2.45) is 22.2 Å². The zero-order valence-corrected chi connectivity index (χ0v) is 14.3. The standard InChI is InChI=1S/C20H28O2/c1-6-20-10-7-15-18(3,4)17(22)8-9-19(15,5)16(20)11-14(21)13(2)12-20/h6,11-12,15,17,22H,1,7-10H2,2-5H3/t15-,17-,19-,20-/m1/s1. The van der Waals surface area contributed by atoms with Gasteiger partial charge in [-0.1, -0.05) is 32.9 Å². The van der Waals surface area contributed by atoms with Crippen molar-refractivity contribution in [1.82, 2.24) is 0 Å². The number of hydrogen-bond donors (Lipinski definition) is 1. The van der Waals surface area contributed by atoms with Crippen LogP contribution in [-0.4, -0.2) is 17.0 Å². The third-order valence-electron chi connectivity index (χ3n) is 6.93. The van der Waals surface area contributed by atoms with Crippen molar-refractivity contribution < 1.29 is 9.90 Å². The van der Waals surface area contributed by atoms with Crippen LogP contribution < -0.4 is 0 Å². The first-order valence-electron chi connectivity index (χ1n) is 8.45. The van der Waals surface area contributed by atoms with Gasteiger partial charge in [0.25, 0.3) is 0 Å². The van der Waals surface area contributed by atoms with Crippen LogP contribution in [0.1, 0.15) is 53.4 Å². The van der Waals surface area contributed by atoms with E-state index in [4.69, 9.17) is 0 Å². The Balaban J connectivity index is 2.14. The number of rotatable bonds is 1. The van der Waals surface area contributed by atoms with Gasteiger partial charge in [0.2, 0.25) is 0 Å². The summed E-state index contributed by atoms with van der Waals surface area (Å²) < 4.78 is 0. The minimum atomic E-state index is -0.251. The summed E-state index contributed by atoms with van der Waals surface area (Å²) in [6.45, 7) is 12.7. The SMILES string of the molecule is C=C[C@@]12C=C(C)C(=O)C=C1[C@]1(C)CC[C@@H](O)C(C)(C)[C@H]1CC2. The third kappa shape index (κ3) is 1.86. The summed E-state index contributed by atoms with van der Waals surface area (Å²) in [6.07, 6.45) is 9.62. The number of carbonyl (C=O) groups is 1. The molecule has 120 valence electrons. The highest BCUT2D eigenvalue weighted by molar-refractivity contribution is 6.05. The third-order valence-corrected chi connectivity index (χ3v) is 6.93. The summed E-state index contributed by atoms with van der Waals surface area (Å²) in [5.41, 5.74) is 1.77. The Labute approximate surface area is 134 Å². The second-order valence-electron chi connectivity index (χ2n) is 8.38. The zero-order chi connectivity index (χ0) is 16.3. The van der Waals surface area contributed by atoms with E-state index in [1.165, 1.54) is 5.57 Å². The topological polar surface area (TPSA) is 37.3 Å². The van der Waals surface area contributed by atoms with Crippen molar-refractivity contribution in [2.75, 3.05) is 0 Å². The predicted octanol–water partition coefficient (Wildman–Crippen LogP) is 4.21. The van der Waals surface area contributed by atoms with E-state index in [2.05, 4.69) is 33.4 Å². The van der Waals surface area contributed by atoms with Crippen LogP contribution in [0.3, 0.4) is 0 Å². The molecule has 0 bridgehead atoms. The largest absolute Gasteiger partial charge is 0.393 e. The fourth-order valence-electron chi connectivity index (χ4n) is 5.52. The van der Waals surface area contributed by atoms with Gasteiger partial charge in [0.15, 0.2) is 5.78 Å². The van der Waals surface area contributed by atoms with Crippen LogP contribution in [0.5, 0.6) is 0 Å². The van der Waals surface area contributed by atoms with E-state index in [-0.39, 0.29) is 28.1 Å². The number of fused-ring (bicyclic) bond motifs is 3. The van der Waals surface area contributed by atoms with Gasteiger partial charge in [0, 0.05) is 5.41 Å². The summed E-state index contributed by atoms with van der Waals surface area (Å²) in [7, 11) is 0. The second-order valence-corrected chi connectivity index (χ2v) is 8.38. The molecule has 2 fully saturated rings. The maximum absolute atomic E-state index is 12.3. The van der Waals surface area contributed by atoms with Gasteiger partial charge in [0.1, 0.15) is 0 Å². The number of hydrogen-bond acceptors (Lipinski definition) is 2. The first kappa shape index (κ1) is 15.7. The number of aliphatic hydroxyl groups is 1. The molecule has 0 radical (unpaired) electrons. The van der Waals surface area contributed by atoms with Gasteiger partial charge in [-0.2, -0.15) is 0 Å². The van der Waals surface area contributed by atoms with Gasteiger partial charge in [-0.3, -0.25) is 4.79 Å². The van der Waals surface area contributed by atoms with E-state index < -0.39 is 0 Å². The fraction of sp³-hybridized carbons (Fsp3) is 0.650. The molecular weight excluding hydrogens is 272 g/mol. The molecule has 3 aliphatic carbocycles. The molecule has 0 aromatic carbocycles. The zero-order valence-electron chi connectivity index (χ0n) is 14.3. The summed E-state index contributed by atoms with van der Waals surface area (Å²) in [5.74, 6) is 0.543. The average molecular weight is 300 g/mol. The molecule has 2 saturated carbocycles. The van der Waals surface area contributed by atoms with Crippen molar-refractivity contribution in [2.45, 2.75) is 59.5 Å². The monoisotopic (exact) mass is 300 g/mol. The van der Waals surface area contributed by atoms with Crippen LogP contribution in [0.2, 0.25) is 0 Å². The fourth-order valence-corrected chi connectivity index (χ4v) is 5.52. The van der Waals surface area contributed by atoms with Gasteiger partial charge in [-0.15, -0.1) is 6.58 Å². The molecule has 0 aromatic rings. The lowest BCUT2D eigenvalue weighted by molar-refractivity contribution is -0.113. The molecule has 0 unspecified atom stereocenters. The Morgan fingerprint density at radius 1 is 1.27 bits per heavy atom. The Hall–Kier alpha value is -1.15. The summed E-state index contributed by atoms with van der Waals surface area (Å²) in [4.78, 5) is 12.3. The number of carbonyl (C=O) groups excluding carboxylic acids is 1. The first-order valence-corrected chi connectivity index (χ1v) is 8.45. The van der Waals surface area contributed by atoms with E-state index in [0.29, 0.717) is 5.92 Å². The quantitative estimate of drug-likeness (QED) is 0.736. The molecule has 4 atom stereocenters. The molecule has 22 heavy (non-hydrogen) atoms. The van der Waals surface area contributed by atoms with Crippen LogP contribution in [0.15, 0.2) is 36.0 Å². The van der Waals surface area contributed by atoms with E-state index in [0.717, 1.165) is 31.3 Å². The summed E-state index contributed by atoms with van der Waals surface area (Å²) in [5, 5.41) is 10.5. The smallest absolute Gasteiger partial charge is 0.181 e. The lowest BCUT2D eigenvalue weighted by Gasteiger charge is -2.61. The Morgan fingerprint density at radius 2 is 1.95 bits per heavy atom. The van der Waals surface area contributed by atoms with Gasteiger partial charge in [0.05, 0.1) is 6.10 Å². The molecule has 2 heteroatoms. The van der Waals surface area contributed by atoms with Crippen molar-refractivity contribution in [3.8, 4) is 0 Å². The molecular formula is C20H28O2. The second kappa shape index (κ2) is 4.67. The van der Waals surface area contributed by atoms with Crippen molar-refractivity contribution in [1.29, 1.82) is 0 Å². The lowest BCUT2D eigenvalue weighted by Crippen LogP contribution is -2.55. The van der Waals surface area contributed by atoms with E-state index >= 15 is 0 Å². The average Bonchev–Trinajstić information content (AvgIpc) is 2.46. The van der Waals surface area contributed by atoms with Gasteiger partial charge in [-0.25, -0.2) is 0 Å². The van der Waals surface area contributed by atoms with Gasteiger partial charge < -0.3 is 5.11 Å². The Morgan fingerprint density at radius 3 is 2.59 bits per heavy atom. The molecule has 0 saturated heterocycles. The normalized spacial score (nSPS) is 43.6. The molecule has 0 heterocycles. The van der Waals surface area contributed by atoms with Crippen LogP contribution in [0.25, 0.3) is 0 Å². The van der Waals surface area contributed by atoms with Crippen LogP contribution >= 0.6 is 0 Å². The molecule has 0 spiro atoms. The summed E-state index contributed by atoms with van der Waals surface area (Å²) in [6, 6.07) is 0. The van der Waals surface area contributed by atoms with Gasteiger partial charge >= 0.3 is 0 Å². The number of ketones is 1. The predicted molar refractivity (Wildman–Crippen MR) is 89.3 cm³/mol. The highest BCUT2D eigenvalue weighted by Crippen LogP contribution is 2.65. The highest BCUT2D eigenvalue weighted by atomic mass is 16.3. The maximum Gasteiger partial charge on any atom is 0.181 e. The minimum absolute atomic E-state index is 0.0258. The molecule has 0 amide bonds. The summed E-state index contributed by atoms with van der Waals surface area (Å²) >= 11 is 0. The van der Waals surface area contributed by atoms with Crippen LogP contribution in [0, 0.1) is 22.2 Å². The highest BCUT2D eigenvalue weighted by Gasteiger charge is 2.58. The lowest BCUT2D eigenvalue weighted by atomic mass is 9.44. The molecule has 1 N–H and O–H groups in total. The van der Waals surface area contributed by atoms with E-state index in [1.807, 2.05) is 19.1 Å². The number of allylic oxidation sites excluding steroid dienone is 5. The van der Waals surface area contributed by atoms with Crippen LogP contribution in [0.4, 0.5) is 0 Å².